The lowest BCUT2D eigenvalue weighted by Crippen LogP contribution is -2.14. The van der Waals surface area contributed by atoms with Crippen LogP contribution in [0.5, 0.6) is 0 Å². The van der Waals surface area contributed by atoms with Crippen molar-refractivity contribution in [2.24, 2.45) is 0 Å². The van der Waals surface area contributed by atoms with Crippen molar-refractivity contribution < 1.29 is 14.5 Å². The largest absolute Gasteiger partial charge is 0.325 e. The number of nitro groups is 1. The van der Waals surface area contributed by atoms with Crippen LogP contribution in [0.1, 0.15) is 15.9 Å². The van der Waals surface area contributed by atoms with Gasteiger partial charge < -0.3 is 10.6 Å². The fraction of sp³-hybridized carbons (Fsp3) is 0.0909. The van der Waals surface area contributed by atoms with Gasteiger partial charge in [-0.05, 0) is 61.0 Å². The number of halogens is 1. The van der Waals surface area contributed by atoms with E-state index in [0.717, 1.165) is 10.5 Å². The zero-order valence-electron chi connectivity index (χ0n) is 16.4. The molecule has 0 aliphatic rings. The van der Waals surface area contributed by atoms with Gasteiger partial charge in [-0.1, -0.05) is 17.7 Å². The third kappa shape index (κ3) is 6.31. The summed E-state index contributed by atoms with van der Waals surface area (Å²) >= 11 is 7.33. The predicted octanol–water partition coefficient (Wildman–Crippen LogP) is 5.54. The Kier molecular flexibility index (Phi) is 7.28. The Balaban J connectivity index is 1.52. The van der Waals surface area contributed by atoms with Gasteiger partial charge in [0, 0.05) is 39.0 Å². The minimum Gasteiger partial charge on any atom is -0.325 e. The number of hydrogen-bond donors (Lipinski definition) is 2. The van der Waals surface area contributed by atoms with Crippen LogP contribution in [0.25, 0.3) is 0 Å². The average molecular weight is 456 g/mol. The second-order valence-electron chi connectivity index (χ2n) is 6.58. The van der Waals surface area contributed by atoms with Crippen molar-refractivity contribution in [2.75, 3.05) is 16.4 Å². The lowest BCUT2D eigenvalue weighted by molar-refractivity contribution is -0.384. The van der Waals surface area contributed by atoms with Crippen LogP contribution in [-0.4, -0.2) is 22.5 Å². The molecule has 0 spiro atoms. The molecule has 31 heavy (non-hydrogen) atoms. The normalized spacial score (nSPS) is 10.4. The molecular weight excluding hydrogens is 438 g/mol. The molecule has 0 aromatic heterocycles. The van der Waals surface area contributed by atoms with Crippen molar-refractivity contribution in [3.63, 3.8) is 0 Å². The molecular formula is C22H18ClN3O4S. The predicted molar refractivity (Wildman–Crippen MR) is 123 cm³/mol. The van der Waals surface area contributed by atoms with Crippen LogP contribution < -0.4 is 10.6 Å². The summed E-state index contributed by atoms with van der Waals surface area (Å²) in [6.07, 6.45) is 0. The smallest absolute Gasteiger partial charge is 0.269 e. The maximum Gasteiger partial charge on any atom is 0.269 e. The Morgan fingerprint density at radius 1 is 1.00 bits per heavy atom. The Labute approximate surface area is 188 Å². The average Bonchev–Trinajstić information content (AvgIpc) is 2.76. The van der Waals surface area contributed by atoms with Gasteiger partial charge in [-0.15, -0.1) is 11.8 Å². The van der Waals surface area contributed by atoms with Crippen LogP contribution in [0.2, 0.25) is 5.02 Å². The fourth-order valence-corrected chi connectivity index (χ4v) is 3.51. The molecule has 3 aromatic rings. The van der Waals surface area contributed by atoms with E-state index in [9.17, 15) is 19.7 Å². The monoisotopic (exact) mass is 455 g/mol. The first-order valence-electron chi connectivity index (χ1n) is 9.16. The summed E-state index contributed by atoms with van der Waals surface area (Å²) in [5, 5.41) is 16.8. The van der Waals surface area contributed by atoms with E-state index in [-0.39, 0.29) is 23.3 Å². The van der Waals surface area contributed by atoms with E-state index in [1.165, 1.54) is 36.0 Å². The van der Waals surface area contributed by atoms with E-state index in [1.54, 1.807) is 36.4 Å². The summed E-state index contributed by atoms with van der Waals surface area (Å²) in [5.41, 5.74) is 2.43. The first kappa shape index (κ1) is 22.3. The third-order valence-corrected chi connectivity index (χ3v) is 5.54. The van der Waals surface area contributed by atoms with E-state index in [2.05, 4.69) is 10.6 Å². The van der Waals surface area contributed by atoms with Crippen LogP contribution in [0, 0.1) is 17.0 Å². The molecule has 0 aliphatic carbocycles. The molecule has 0 unspecified atom stereocenters. The molecule has 7 nitrogen and oxygen atoms in total. The molecule has 0 saturated carbocycles. The second-order valence-corrected chi connectivity index (χ2v) is 8.06. The van der Waals surface area contributed by atoms with Gasteiger partial charge in [0.2, 0.25) is 5.91 Å². The minimum atomic E-state index is -0.519. The highest BCUT2D eigenvalue weighted by atomic mass is 35.5. The molecule has 2 N–H and O–H groups in total. The maximum atomic E-state index is 12.3. The standard InChI is InChI=1S/C22H18ClN3O4S/c1-14-2-5-16(23)12-20(14)25-21(27)13-31-19-10-6-17(7-11-19)24-22(28)15-3-8-18(9-4-15)26(29)30/h2-12H,13H2,1H3,(H,24,28)(H,25,27). The zero-order chi connectivity index (χ0) is 22.4. The number of nitrogens with one attached hydrogen (secondary N) is 2. The van der Waals surface area contributed by atoms with Crippen molar-refractivity contribution in [3.8, 4) is 0 Å². The second kappa shape index (κ2) is 10.1. The molecule has 0 bridgehead atoms. The lowest BCUT2D eigenvalue weighted by atomic mass is 10.2. The van der Waals surface area contributed by atoms with Gasteiger partial charge in [0.05, 0.1) is 10.7 Å². The van der Waals surface area contributed by atoms with Gasteiger partial charge in [-0.3, -0.25) is 19.7 Å². The summed E-state index contributed by atoms with van der Waals surface area (Å²) in [6.45, 7) is 1.89. The number of rotatable bonds is 7. The molecule has 0 aliphatic heterocycles. The quantitative estimate of drug-likeness (QED) is 0.276. The minimum absolute atomic E-state index is 0.0764. The highest BCUT2D eigenvalue weighted by molar-refractivity contribution is 8.00. The van der Waals surface area contributed by atoms with Crippen LogP contribution in [0.4, 0.5) is 17.1 Å². The van der Waals surface area contributed by atoms with Gasteiger partial charge in [0.15, 0.2) is 0 Å². The molecule has 0 saturated heterocycles. The van der Waals surface area contributed by atoms with Gasteiger partial charge in [-0.25, -0.2) is 0 Å². The number of thioether (sulfide) groups is 1. The van der Waals surface area contributed by atoms with Crippen molar-refractivity contribution in [2.45, 2.75) is 11.8 Å². The molecule has 3 rings (SSSR count). The fourth-order valence-electron chi connectivity index (χ4n) is 2.64. The highest BCUT2D eigenvalue weighted by Crippen LogP contribution is 2.23. The van der Waals surface area contributed by atoms with Crippen LogP contribution in [0.15, 0.2) is 71.6 Å². The molecule has 0 radical (unpaired) electrons. The van der Waals surface area contributed by atoms with E-state index in [1.807, 2.05) is 13.0 Å². The molecule has 9 heteroatoms. The molecule has 2 amide bonds. The molecule has 158 valence electrons. The van der Waals surface area contributed by atoms with Crippen LogP contribution >= 0.6 is 23.4 Å². The van der Waals surface area contributed by atoms with Crippen molar-refractivity contribution in [1.29, 1.82) is 0 Å². The highest BCUT2D eigenvalue weighted by Gasteiger charge is 2.10. The summed E-state index contributed by atoms with van der Waals surface area (Å²) in [7, 11) is 0. The Bertz CT molecular complexity index is 1120. The summed E-state index contributed by atoms with van der Waals surface area (Å²) in [6, 6.07) is 17.7. The van der Waals surface area contributed by atoms with Crippen molar-refractivity contribution in [3.05, 3.63) is 93.0 Å². The zero-order valence-corrected chi connectivity index (χ0v) is 18.0. The molecule has 3 aromatic carbocycles. The number of hydrogen-bond acceptors (Lipinski definition) is 5. The van der Waals surface area contributed by atoms with Gasteiger partial charge >= 0.3 is 0 Å². The van der Waals surface area contributed by atoms with Gasteiger partial charge in [0.25, 0.3) is 11.6 Å². The van der Waals surface area contributed by atoms with E-state index >= 15 is 0 Å². The van der Waals surface area contributed by atoms with E-state index in [0.29, 0.717) is 22.0 Å². The maximum absolute atomic E-state index is 12.3. The number of benzene rings is 3. The summed E-state index contributed by atoms with van der Waals surface area (Å²) in [4.78, 5) is 35.5. The Morgan fingerprint density at radius 2 is 1.68 bits per heavy atom. The lowest BCUT2D eigenvalue weighted by Gasteiger charge is -2.09. The summed E-state index contributed by atoms with van der Waals surface area (Å²) in [5.74, 6) is -0.294. The van der Waals surface area contributed by atoms with E-state index in [4.69, 9.17) is 11.6 Å². The summed E-state index contributed by atoms with van der Waals surface area (Å²) < 4.78 is 0. The third-order valence-electron chi connectivity index (χ3n) is 4.30. The Hall–Kier alpha value is -3.36. The molecule has 0 fully saturated rings. The molecule has 0 heterocycles. The molecule has 0 atom stereocenters. The SMILES string of the molecule is Cc1ccc(Cl)cc1NC(=O)CSc1ccc(NC(=O)c2ccc([N+](=O)[O-])cc2)cc1. The Morgan fingerprint density at radius 3 is 2.32 bits per heavy atom. The number of nitrogens with zero attached hydrogens (tertiary/aromatic N) is 1. The van der Waals surface area contributed by atoms with E-state index < -0.39 is 4.92 Å². The number of carbonyl (C=O) groups is 2. The number of carbonyl (C=O) groups excluding carboxylic acids is 2. The van der Waals surface area contributed by atoms with Crippen LogP contribution in [-0.2, 0) is 4.79 Å². The number of non-ortho nitro benzene ring substituents is 1. The van der Waals surface area contributed by atoms with Crippen molar-refractivity contribution in [1.82, 2.24) is 0 Å². The number of aryl methyl sites for hydroxylation is 1. The van der Waals surface area contributed by atoms with Crippen molar-refractivity contribution >= 4 is 52.2 Å². The number of amides is 2. The number of nitro benzene ring substituents is 1. The first-order chi connectivity index (χ1) is 14.8. The van der Waals surface area contributed by atoms with Crippen LogP contribution in [0.3, 0.4) is 0 Å². The number of anilines is 2. The first-order valence-corrected chi connectivity index (χ1v) is 10.5. The van der Waals surface area contributed by atoms with Gasteiger partial charge in [-0.2, -0.15) is 0 Å². The van der Waals surface area contributed by atoms with Gasteiger partial charge in [0.1, 0.15) is 0 Å². The topological polar surface area (TPSA) is 101 Å².